The van der Waals surface area contributed by atoms with Gasteiger partial charge in [0.25, 0.3) is 5.91 Å². The standard InChI is InChI=1S/C17H18N4O4/c1-10(15(22)19-17(18)24)25-16(23)14-9-13(11-7-8-11)20-21(14)12-5-3-2-4-6-12/h2-6,9-11H,7-8H2,1H3,(H3,18,19,22,24)/t10-/m1/s1. The predicted octanol–water partition coefficient (Wildman–Crippen LogP) is 1.49. The lowest BCUT2D eigenvalue weighted by Gasteiger charge is -2.12. The summed E-state index contributed by atoms with van der Waals surface area (Å²) in [6.07, 6.45) is 0.915. The SMILES string of the molecule is C[C@@H](OC(=O)c1cc(C2CC2)nn1-c1ccccc1)C(=O)NC(N)=O. The molecule has 0 radical (unpaired) electrons. The number of imide groups is 1. The molecule has 1 aromatic carbocycles. The molecule has 0 spiro atoms. The van der Waals surface area contributed by atoms with Crippen LogP contribution in [0.1, 0.15) is 41.9 Å². The smallest absolute Gasteiger partial charge is 0.357 e. The minimum atomic E-state index is -1.16. The molecule has 1 aliphatic rings. The lowest BCUT2D eigenvalue weighted by molar-refractivity contribution is -0.127. The number of hydrogen-bond acceptors (Lipinski definition) is 5. The number of carbonyl (C=O) groups is 3. The van der Waals surface area contributed by atoms with Gasteiger partial charge in [-0.25, -0.2) is 14.3 Å². The van der Waals surface area contributed by atoms with Gasteiger partial charge < -0.3 is 10.5 Å². The Kier molecular flexibility index (Phi) is 4.51. The van der Waals surface area contributed by atoms with Crippen LogP contribution in [-0.2, 0) is 9.53 Å². The molecule has 0 aliphatic heterocycles. The van der Waals surface area contributed by atoms with Gasteiger partial charge in [-0.15, -0.1) is 0 Å². The highest BCUT2D eigenvalue weighted by molar-refractivity contribution is 5.97. The Bertz CT molecular complexity index is 811. The van der Waals surface area contributed by atoms with Gasteiger partial charge in [0.1, 0.15) is 0 Å². The molecule has 1 aliphatic carbocycles. The Hall–Kier alpha value is -3.16. The Labute approximate surface area is 143 Å². The molecule has 25 heavy (non-hydrogen) atoms. The third kappa shape index (κ3) is 3.85. The van der Waals surface area contributed by atoms with Crippen molar-refractivity contribution < 1.29 is 19.1 Å². The van der Waals surface area contributed by atoms with Crippen LogP contribution in [0.15, 0.2) is 36.4 Å². The van der Waals surface area contributed by atoms with Crippen molar-refractivity contribution in [3.8, 4) is 5.69 Å². The number of para-hydroxylation sites is 1. The van der Waals surface area contributed by atoms with Gasteiger partial charge in [-0.05, 0) is 38.0 Å². The fourth-order valence-corrected chi connectivity index (χ4v) is 2.39. The van der Waals surface area contributed by atoms with Gasteiger partial charge in [-0.3, -0.25) is 10.1 Å². The Morgan fingerprint density at radius 2 is 1.96 bits per heavy atom. The van der Waals surface area contributed by atoms with Gasteiger partial charge in [0.05, 0.1) is 11.4 Å². The van der Waals surface area contributed by atoms with Crippen molar-refractivity contribution >= 4 is 17.9 Å². The summed E-state index contributed by atoms with van der Waals surface area (Å²) < 4.78 is 6.66. The first-order valence-electron chi connectivity index (χ1n) is 7.92. The number of esters is 1. The van der Waals surface area contributed by atoms with Crippen LogP contribution in [0, 0.1) is 0 Å². The molecule has 8 heteroatoms. The molecule has 3 rings (SSSR count). The van der Waals surface area contributed by atoms with Gasteiger partial charge >= 0.3 is 12.0 Å². The summed E-state index contributed by atoms with van der Waals surface area (Å²) in [4.78, 5) is 34.9. The van der Waals surface area contributed by atoms with Gasteiger partial charge in [0, 0.05) is 5.92 Å². The fourth-order valence-electron chi connectivity index (χ4n) is 2.39. The number of carbonyl (C=O) groups excluding carboxylic acids is 3. The van der Waals surface area contributed by atoms with E-state index in [1.807, 2.05) is 35.6 Å². The number of urea groups is 1. The molecule has 0 unspecified atom stereocenters. The summed E-state index contributed by atoms with van der Waals surface area (Å²) in [7, 11) is 0. The summed E-state index contributed by atoms with van der Waals surface area (Å²) in [6.45, 7) is 1.36. The topological polar surface area (TPSA) is 116 Å². The van der Waals surface area contributed by atoms with Gasteiger partial charge in [0.15, 0.2) is 11.8 Å². The number of hydrogen-bond donors (Lipinski definition) is 2. The zero-order chi connectivity index (χ0) is 18.0. The number of nitrogens with zero attached hydrogens (tertiary/aromatic N) is 2. The molecule has 1 aromatic heterocycles. The first-order valence-corrected chi connectivity index (χ1v) is 7.92. The highest BCUT2D eigenvalue weighted by Gasteiger charge is 2.30. The molecular formula is C17H18N4O4. The fraction of sp³-hybridized carbons (Fsp3) is 0.294. The quantitative estimate of drug-likeness (QED) is 0.799. The average Bonchev–Trinajstić information content (AvgIpc) is 3.33. The highest BCUT2D eigenvalue weighted by Crippen LogP contribution is 2.39. The average molecular weight is 342 g/mol. The van der Waals surface area contributed by atoms with Gasteiger partial charge in [0.2, 0.25) is 0 Å². The van der Waals surface area contributed by atoms with Crippen molar-refractivity contribution in [1.29, 1.82) is 0 Å². The van der Waals surface area contributed by atoms with Crippen molar-refractivity contribution in [2.24, 2.45) is 5.73 Å². The van der Waals surface area contributed by atoms with Crippen LogP contribution in [0.2, 0.25) is 0 Å². The van der Waals surface area contributed by atoms with E-state index in [0.29, 0.717) is 5.92 Å². The van der Waals surface area contributed by atoms with E-state index >= 15 is 0 Å². The molecule has 130 valence electrons. The second kappa shape index (κ2) is 6.76. The Morgan fingerprint density at radius 3 is 2.56 bits per heavy atom. The molecule has 8 nitrogen and oxygen atoms in total. The third-order valence-corrected chi connectivity index (χ3v) is 3.83. The lowest BCUT2D eigenvalue weighted by atomic mass is 10.2. The van der Waals surface area contributed by atoms with Gasteiger partial charge in [-0.2, -0.15) is 5.10 Å². The van der Waals surface area contributed by atoms with Crippen molar-refractivity contribution in [2.75, 3.05) is 0 Å². The van der Waals surface area contributed by atoms with Crippen LogP contribution in [0.4, 0.5) is 4.79 Å². The van der Waals surface area contributed by atoms with Crippen LogP contribution < -0.4 is 11.1 Å². The maximum Gasteiger partial charge on any atom is 0.357 e. The van der Waals surface area contributed by atoms with Gasteiger partial charge in [-0.1, -0.05) is 18.2 Å². The molecule has 3 N–H and O–H groups in total. The van der Waals surface area contributed by atoms with Crippen molar-refractivity contribution in [3.63, 3.8) is 0 Å². The minimum absolute atomic E-state index is 0.229. The first-order chi connectivity index (χ1) is 12.0. The van der Waals surface area contributed by atoms with E-state index in [1.165, 1.54) is 11.6 Å². The summed E-state index contributed by atoms with van der Waals surface area (Å²) in [5, 5.41) is 6.38. The van der Waals surface area contributed by atoms with E-state index in [9.17, 15) is 14.4 Å². The molecule has 1 heterocycles. The second-order valence-electron chi connectivity index (χ2n) is 5.88. The van der Waals surface area contributed by atoms with Crippen LogP contribution in [-0.4, -0.2) is 33.8 Å². The molecule has 3 amide bonds. The molecular weight excluding hydrogens is 324 g/mol. The van der Waals surface area contributed by atoms with E-state index in [4.69, 9.17) is 10.5 Å². The number of nitrogens with one attached hydrogen (secondary N) is 1. The molecule has 1 atom stereocenters. The molecule has 1 saturated carbocycles. The number of benzene rings is 1. The van der Waals surface area contributed by atoms with E-state index in [1.54, 1.807) is 6.07 Å². The Morgan fingerprint density at radius 1 is 1.28 bits per heavy atom. The maximum absolute atomic E-state index is 12.5. The van der Waals surface area contributed by atoms with E-state index < -0.39 is 24.0 Å². The molecule has 0 bridgehead atoms. The zero-order valence-corrected chi connectivity index (χ0v) is 13.6. The summed E-state index contributed by atoms with van der Waals surface area (Å²) in [5.74, 6) is -1.13. The van der Waals surface area contributed by atoms with Crippen molar-refractivity contribution in [2.45, 2.75) is 31.8 Å². The van der Waals surface area contributed by atoms with Crippen LogP contribution >= 0.6 is 0 Å². The number of primary amides is 1. The third-order valence-electron chi connectivity index (χ3n) is 3.83. The molecule has 2 aromatic rings. The van der Waals surface area contributed by atoms with Crippen molar-refractivity contribution in [3.05, 3.63) is 47.8 Å². The number of nitrogens with two attached hydrogens (primary N) is 1. The van der Waals surface area contributed by atoms with Crippen LogP contribution in [0.25, 0.3) is 5.69 Å². The summed E-state index contributed by atoms with van der Waals surface area (Å²) >= 11 is 0. The van der Waals surface area contributed by atoms with E-state index in [2.05, 4.69) is 5.10 Å². The minimum Gasteiger partial charge on any atom is -0.448 e. The van der Waals surface area contributed by atoms with E-state index in [0.717, 1.165) is 24.2 Å². The molecule has 0 saturated heterocycles. The number of rotatable bonds is 5. The summed E-state index contributed by atoms with van der Waals surface area (Å²) in [5.41, 5.74) is 6.66. The Balaban J connectivity index is 1.84. The zero-order valence-electron chi connectivity index (χ0n) is 13.6. The maximum atomic E-state index is 12.5. The summed E-state index contributed by atoms with van der Waals surface area (Å²) in [6, 6.07) is 9.87. The lowest BCUT2D eigenvalue weighted by Crippen LogP contribution is -2.42. The largest absolute Gasteiger partial charge is 0.448 e. The second-order valence-corrected chi connectivity index (χ2v) is 5.88. The number of ether oxygens (including phenoxy) is 1. The van der Waals surface area contributed by atoms with E-state index in [-0.39, 0.29) is 5.69 Å². The highest BCUT2D eigenvalue weighted by atomic mass is 16.5. The molecule has 1 fully saturated rings. The normalized spacial score (nSPS) is 14.6. The number of aromatic nitrogens is 2. The number of amides is 3. The first kappa shape index (κ1) is 16.7. The van der Waals surface area contributed by atoms with Crippen molar-refractivity contribution in [1.82, 2.24) is 15.1 Å². The van der Waals surface area contributed by atoms with Crippen LogP contribution in [0.3, 0.4) is 0 Å². The monoisotopic (exact) mass is 342 g/mol. The predicted molar refractivity (Wildman–Crippen MR) is 88.1 cm³/mol. The van der Waals surface area contributed by atoms with Crippen LogP contribution in [0.5, 0.6) is 0 Å².